The molecular formula is C19H22N4O2S2. The van der Waals surface area contributed by atoms with Crippen LogP contribution < -0.4 is 5.56 Å². The van der Waals surface area contributed by atoms with Crippen molar-refractivity contribution in [2.24, 2.45) is 0 Å². The van der Waals surface area contributed by atoms with Crippen LogP contribution >= 0.6 is 23.1 Å². The molecule has 0 fully saturated rings. The van der Waals surface area contributed by atoms with Crippen molar-refractivity contribution in [3.05, 3.63) is 45.2 Å². The van der Waals surface area contributed by atoms with Crippen LogP contribution in [-0.4, -0.2) is 19.7 Å². The second-order valence-corrected chi connectivity index (χ2v) is 9.17. The maximum absolute atomic E-state index is 13.3. The summed E-state index contributed by atoms with van der Waals surface area (Å²) in [7, 11) is 0. The molecule has 8 heteroatoms. The maximum atomic E-state index is 13.3. The van der Waals surface area contributed by atoms with Gasteiger partial charge in [0.2, 0.25) is 5.89 Å². The number of hydrogen-bond donors (Lipinski definition) is 0. The number of thioether (sulfide) groups is 1. The van der Waals surface area contributed by atoms with Crippen molar-refractivity contribution in [3.8, 4) is 0 Å². The van der Waals surface area contributed by atoms with Crippen LogP contribution in [0, 0.1) is 6.92 Å². The van der Waals surface area contributed by atoms with Gasteiger partial charge in [-0.05, 0) is 45.1 Å². The predicted molar refractivity (Wildman–Crippen MR) is 109 cm³/mol. The molecule has 3 aromatic rings. The summed E-state index contributed by atoms with van der Waals surface area (Å²) in [4.78, 5) is 24.7. The van der Waals surface area contributed by atoms with Gasteiger partial charge in [0, 0.05) is 11.4 Å². The SMILES string of the molecule is C=CCn1c(SC(C)c2nc(C)no2)nc2sc3c(c2c1=O)CCCCC3. The summed E-state index contributed by atoms with van der Waals surface area (Å²) in [6.45, 7) is 8.02. The zero-order valence-electron chi connectivity index (χ0n) is 15.5. The Balaban J connectivity index is 1.81. The standard InChI is InChI=1S/C19H22N4O2S2/c1-4-10-23-18(24)15-13-8-6-5-7-9-14(13)27-17(15)21-19(23)26-11(2)16-20-12(3)22-25-16/h4,11H,1,5-10H2,2-3H3. The zero-order chi connectivity index (χ0) is 19.0. The molecule has 0 radical (unpaired) electrons. The van der Waals surface area contributed by atoms with E-state index in [1.165, 1.54) is 35.0 Å². The summed E-state index contributed by atoms with van der Waals surface area (Å²) in [5.41, 5.74) is 1.26. The summed E-state index contributed by atoms with van der Waals surface area (Å²) in [6.07, 6.45) is 7.33. The molecule has 1 atom stereocenters. The molecule has 0 aliphatic heterocycles. The molecule has 0 amide bonds. The van der Waals surface area contributed by atoms with Crippen molar-refractivity contribution in [3.63, 3.8) is 0 Å². The monoisotopic (exact) mass is 402 g/mol. The first-order chi connectivity index (χ1) is 13.1. The lowest BCUT2D eigenvalue weighted by Gasteiger charge is -2.12. The van der Waals surface area contributed by atoms with Crippen LogP contribution in [0.3, 0.4) is 0 Å². The van der Waals surface area contributed by atoms with E-state index in [2.05, 4.69) is 16.7 Å². The largest absolute Gasteiger partial charge is 0.338 e. The highest BCUT2D eigenvalue weighted by Gasteiger charge is 2.23. The van der Waals surface area contributed by atoms with Crippen molar-refractivity contribution in [1.82, 2.24) is 19.7 Å². The number of allylic oxidation sites excluding steroid dienone is 1. The fourth-order valence-electron chi connectivity index (χ4n) is 3.46. The Morgan fingerprint density at radius 2 is 2.15 bits per heavy atom. The van der Waals surface area contributed by atoms with Crippen LogP contribution in [0.2, 0.25) is 0 Å². The first-order valence-electron chi connectivity index (χ1n) is 9.21. The van der Waals surface area contributed by atoms with E-state index < -0.39 is 0 Å². The van der Waals surface area contributed by atoms with Crippen molar-refractivity contribution in [2.45, 2.75) is 62.9 Å². The Morgan fingerprint density at radius 1 is 1.33 bits per heavy atom. The molecule has 0 N–H and O–H groups in total. The number of aromatic nitrogens is 4. The molecule has 0 aromatic carbocycles. The topological polar surface area (TPSA) is 73.8 Å². The summed E-state index contributed by atoms with van der Waals surface area (Å²) in [6, 6.07) is 0. The lowest BCUT2D eigenvalue weighted by Crippen LogP contribution is -2.23. The van der Waals surface area contributed by atoms with E-state index in [1.807, 2.05) is 6.92 Å². The van der Waals surface area contributed by atoms with Crippen LogP contribution in [-0.2, 0) is 19.4 Å². The molecule has 1 aliphatic rings. The molecule has 3 heterocycles. The van der Waals surface area contributed by atoms with Crippen LogP contribution in [0.15, 0.2) is 27.1 Å². The average molecular weight is 403 g/mol. The van der Waals surface area contributed by atoms with Crippen LogP contribution in [0.1, 0.15) is 53.6 Å². The van der Waals surface area contributed by atoms with E-state index in [9.17, 15) is 4.79 Å². The third kappa shape index (κ3) is 3.48. The molecule has 142 valence electrons. The number of aryl methyl sites for hydroxylation is 3. The van der Waals surface area contributed by atoms with E-state index >= 15 is 0 Å². The van der Waals surface area contributed by atoms with Gasteiger partial charge in [0.1, 0.15) is 4.83 Å². The number of thiophene rings is 1. The van der Waals surface area contributed by atoms with E-state index in [0.29, 0.717) is 23.4 Å². The molecule has 1 aliphatic carbocycles. The fourth-order valence-corrected chi connectivity index (χ4v) is 5.71. The second-order valence-electron chi connectivity index (χ2n) is 6.78. The predicted octanol–water partition coefficient (Wildman–Crippen LogP) is 4.46. The van der Waals surface area contributed by atoms with Crippen molar-refractivity contribution in [1.29, 1.82) is 0 Å². The first-order valence-corrected chi connectivity index (χ1v) is 10.9. The van der Waals surface area contributed by atoms with Gasteiger partial charge in [0.15, 0.2) is 11.0 Å². The highest BCUT2D eigenvalue weighted by atomic mass is 32.2. The summed E-state index contributed by atoms with van der Waals surface area (Å²) in [5, 5.41) is 5.25. The summed E-state index contributed by atoms with van der Waals surface area (Å²) in [5.74, 6) is 1.14. The molecule has 6 nitrogen and oxygen atoms in total. The second kappa shape index (κ2) is 7.59. The van der Waals surface area contributed by atoms with Crippen LogP contribution in [0.4, 0.5) is 0 Å². The van der Waals surface area contributed by atoms with Crippen molar-refractivity contribution in [2.75, 3.05) is 0 Å². The van der Waals surface area contributed by atoms with Gasteiger partial charge < -0.3 is 4.52 Å². The maximum Gasteiger partial charge on any atom is 0.263 e. The van der Waals surface area contributed by atoms with Crippen LogP contribution in [0.5, 0.6) is 0 Å². The van der Waals surface area contributed by atoms with Gasteiger partial charge in [0.25, 0.3) is 5.56 Å². The number of rotatable bonds is 5. The van der Waals surface area contributed by atoms with E-state index in [4.69, 9.17) is 9.51 Å². The quantitative estimate of drug-likeness (QED) is 0.271. The summed E-state index contributed by atoms with van der Waals surface area (Å²) < 4.78 is 7.00. The highest BCUT2D eigenvalue weighted by molar-refractivity contribution is 7.99. The molecule has 0 bridgehead atoms. The highest BCUT2D eigenvalue weighted by Crippen LogP contribution is 2.37. The Kier molecular flexibility index (Phi) is 5.19. The molecule has 1 unspecified atom stereocenters. The average Bonchev–Trinajstić information content (AvgIpc) is 3.15. The number of fused-ring (bicyclic) bond motifs is 3. The van der Waals surface area contributed by atoms with Gasteiger partial charge >= 0.3 is 0 Å². The molecule has 0 saturated carbocycles. The Bertz CT molecular complexity index is 1050. The third-order valence-corrected chi connectivity index (χ3v) is 7.04. The molecule has 27 heavy (non-hydrogen) atoms. The Hall–Kier alpha value is -1.93. The third-order valence-electron chi connectivity index (χ3n) is 4.77. The minimum atomic E-state index is -0.0931. The number of hydrogen-bond acceptors (Lipinski definition) is 7. The lowest BCUT2D eigenvalue weighted by molar-refractivity contribution is 0.376. The van der Waals surface area contributed by atoms with Crippen molar-refractivity contribution < 1.29 is 4.52 Å². The van der Waals surface area contributed by atoms with Gasteiger partial charge in [-0.2, -0.15) is 4.98 Å². The minimum Gasteiger partial charge on any atom is -0.338 e. The normalized spacial score (nSPS) is 15.5. The molecule has 0 spiro atoms. The molecular weight excluding hydrogens is 380 g/mol. The molecule has 3 aromatic heterocycles. The molecule has 0 saturated heterocycles. The van der Waals surface area contributed by atoms with Gasteiger partial charge in [-0.3, -0.25) is 9.36 Å². The molecule has 4 rings (SSSR count). The fraction of sp³-hybridized carbons (Fsp3) is 0.474. The number of nitrogens with zero attached hydrogens (tertiary/aromatic N) is 4. The lowest BCUT2D eigenvalue weighted by atomic mass is 10.1. The van der Waals surface area contributed by atoms with E-state index in [-0.39, 0.29) is 10.8 Å². The minimum absolute atomic E-state index is 0.0377. The zero-order valence-corrected chi connectivity index (χ0v) is 17.2. The van der Waals surface area contributed by atoms with Crippen LogP contribution in [0.25, 0.3) is 10.2 Å². The first kappa shape index (κ1) is 18.4. The smallest absolute Gasteiger partial charge is 0.263 e. The van der Waals surface area contributed by atoms with Crippen molar-refractivity contribution >= 4 is 33.3 Å². The Morgan fingerprint density at radius 3 is 2.89 bits per heavy atom. The van der Waals surface area contributed by atoms with Gasteiger partial charge in [-0.1, -0.05) is 29.4 Å². The van der Waals surface area contributed by atoms with E-state index in [1.54, 1.807) is 28.9 Å². The summed E-state index contributed by atoms with van der Waals surface area (Å²) >= 11 is 3.15. The Labute approximate surface area is 165 Å². The van der Waals surface area contributed by atoms with Gasteiger partial charge in [-0.15, -0.1) is 17.9 Å². The van der Waals surface area contributed by atoms with Gasteiger partial charge in [-0.25, -0.2) is 4.98 Å². The van der Waals surface area contributed by atoms with Gasteiger partial charge in [0.05, 0.1) is 10.6 Å². The van der Waals surface area contributed by atoms with E-state index in [0.717, 1.165) is 29.5 Å².